The summed E-state index contributed by atoms with van der Waals surface area (Å²) in [7, 11) is 0. The molecule has 1 rings (SSSR count). The number of benzene rings is 1. The third-order valence-corrected chi connectivity index (χ3v) is 2.55. The van der Waals surface area contributed by atoms with E-state index >= 15 is 0 Å². The van der Waals surface area contributed by atoms with Gasteiger partial charge in [-0.05, 0) is 37.0 Å². The normalized spacial score (nSPS) is 12.3. The van der Waals surface area contributed by atoms with Crippen molar-refractivity contribution in [2.24, 2.45) is 11.7 Å². The van der Waals surface area contributed by atoms with E-state index in [9.17, 15) is 4.79 Å². The van der Waals surface area contributed by atoms with Crippen LogP contribution in [0.5, 0.6) is 0 Å². The summed E-state index contributed by atoms with van der Waals surface area (Å²) < 4.78 is 5.25. The first kappa shape index (κ1) is 14.5. The van der Waals surface area contributed by atoms with Crippen LogP contribution in [0.25, 0.3) is 0 Å². The number of amides is 1. The van der Waals surface area contributed by atoms with Gasteiger partial charge in [-0.1, -0.05) is 26.0 Å². The Morgan fingerprint density at radius 3 is 2.39 bits per heavy atom. The molecule has 0 bridgehead atoms. The van der Waals surface area contributed by atoms with Gasteiger partial charge in [0, 0.05) is 12.2 Å². The number of hydrogen-bond donors (Lipinski definition) is 2. The lowest BCUT2D eigenvalue weighted by Gasteiger charge is -2.15. The fourth-order valence-electron chi connectivity index (χ4n) is 1.77. The Labute approximate surface area is 109 Å². The first-order valence-electron chi connectivity index (χ1n) is 6.28. The Kier molecular flexibility index (Phi) is 5.65. The zero-order valence-electron chi connectivity index (χ0n) is 11.3. The number of ether oxygens (including phenoxy) is 1. The van der Waals surface area contributed by atoms with Crippen LogP contribution in [0, 0.1) is 5.92 Å². The topological polar surface area (TPSA) is 64.3 Å². The highest BCUT2D eigenvalue weighted by atomic mass is 16.6. The monoisotopic (exact) mass is 250 g/mol. The van der Waals surface area contributed by atoms with Gasteiger partial charge in [0.05, 0.1) is 0 Å². The molecular formula is C14H22N2O2. The van der Waals surface area contributed by atoms with Crippen molar-refractivity contribution < 1.29 is 9.53 Å². The maximum atomic E-state index is 11.6. The minimum absolute atomic E-state index is 0.0756. The first-order valence-corrected chi connectivity index (χ1v) is 6.28. The van der Waals surface area contributed by atoms with Crippen LogP contribution in [0.2, 0.25) is 0 Å². The van der Waals surface area contributed by atoms with Gasteiger partial charge in [0.15, 0.2) is 0 Å². The summed E-state index contributed by atoms with van der Waals surface area (Å²) >= 11 is 0. The molecule has 0 heterocycles. The zero-order valence-corrected chi connectivity index (χ0v) is 11.3. The minimum atomic E-state index is -0.413. The Morgan fingerprint density at radius 1 is 1.28 bits per heavy atom. The highest BCUT2D eigenvalue weighted by Gasteiger charge is 2.11. The lowest BCUT2D eigenvalue weighted by Crippen LogP contribution is -2.21. The second-order valence-electron chi connectivity index (χ2n) is 4.87. The Bertz CT molecular complexity index is 374. The second-order valence-corrected chi connectivity index (χ2v) is 4.87. The van der Waals surface area contributed by atoms with Crippen molar-refractivity contribution in [2.45, 2.75) is 39.8 Å². The third kappa shape index (κ3) is 5.19. The molecule has 1 amide bonds. The smallest absolute Gasteiger partial charge is 0.411 e. The predicted molar refractivity (Wildman–Crippen MR) is 73.4 cm³/mol. The molecule has 1 aromatic carbocycles. The van der Waals surface area contributed by atoms with Crippen LogP contribution in [0.4, 0.5) is 10.5 Å². The molecule has 4 heteroatoms. The van der Waals surface area contributed by atoms with Gasteiger partial charge in [0.2, 0.25) is 0 Å². The van der Waals surface area contributed by atoms with E-state index in [0.29, 0.717) is 18.2 Å². The largest absolute Gasteiger partial charge is 0.446 e. The number of anilines is 1. The van der Waals surface area contributed by atoms with E-state index < -0.39 is 6.09 Å². The fourth-order valence-corrected chi connectivity index (χ4v) is 1.77. The highest BCUT2D eigenvalue weighted by molar-refractivity contribution is 5.84. The van der Waals surface area contributed by atoms with Crippen LogP contribution in [-0.4, -0.2) is 12.2 Å². The van der Waals surface area contributed by atoms with Gasteiger partial charge in [-0.25, -0.2) is 4.79 Å². The van der Waals surface area contributed by atoms with Gasteiger partial charge in [-0.3, -0.25) is 5.32 Å². The number of carbonyl (C=O) groups is 1. The molecule has 0 fully saturated rings. The van der Waals surface area contributed by atoms with Crippen LogP contribution >= 0.6 is 0 Å². The molecular weight excluding hydrogens is 228 g/mol. The maximum absolute atomic E-state index is 11.6. The lowest BCUT2D eigenvalue weighted by atomic mass is 10.1. The van der Waals surface area contributed by atoms with Gasteiger partial charge in [-0.15, -0.1) is 0 Å². The van der Waals surface area contributed by atoms with Crippen LogP contribution in [0.1, 0.15) is 32.8 Å². The van der Waals surface area contributed by atoms with Crippen molar-refractivity contribution in [3.63, 3.8) is 0 Å². The summed E-state index contributed by atoms with van der Waals surface area (Å²) in [5, 5.41) is 2.70. The molecule has 0 saturated carbocycles. The van der Waals surface area contributed by atoms with E-state index in [1.165, 1.54) is 0 Å². The van der Waals surface area contributed by atoms with E-state index in [1.807, 2.05) is 31.2 Å². The average Bonchev–Trinajstić information content (AvgIpc) is 2.28. The van der Waals surface area contributed by atoms with Crippen LogP contribution in [0.3, 0.4) is 0 Å². The number of hydrogen-bond acceptors (Lipinski definition) is 3. The van der Waals surface area contributed by atoms with E-state index in [1.54, 1.807) is 0 Å². The van der Waals surface area contributed by atoms with E-state index in [4.69, 9.17) is 10.5 Å². The molecule has 1 atom stereocenters. The second kappa shape index (κ2) is 7.01. The summed E-state index contributed by atoms with van der Waals surface area (Å²) in [6.45, 7) is 6.60. The molecule has 1 aromatic rings. The van der Waals surface area contributed by atoms with Crippen molar-refractivity contribution in [3.8, 4) is 0 Å². The standard InChI is InChI=1S/C14H22N2O2/c1-10(2)8-11(3)18-14(17)16-13-6-4-12(9-15)5-7-13/h4-7,10-11H,8-9,15H2,1-3H3,(H,16,17). The molecule has 0 aliphatic rings. The van der Waals surface area contributed by atoms with Crippen LogP contribution < -0.4 is 11.1 Å². The molecule has 0 saturated heterocycles. The third-order valence-electron chi connectivity index (χ3n) is 2.55. The molecule has 4 nitrogen and oxygen atoms in total. The van der Waals surface area contributed by atoms with Crippen molar-refractivity contribution in [2.75, 3.05) is 5.32 Å². The fraction of sp³-hybridized carbons (Fsp3) is 0.500. The van der Waals surface area contributed by atoms with Gasteiger partial charge >= 0.3 is 6.09 Å². The first-order chi connectivity index (χ1) is 8.51. The molecule has 0 aromatic heterocycles. The zero-order chi connectivity index (χ0) is 13.5. The number of nitrogens with two attached hydrogens (primary N) is 1. The summed E-state index contributed by atoms with van der Waals surface area (Å²) in [6.07, 6.45) is 0.372. The number of nitrogens with one attached hydrogen (secondary N) is 1. The quantitative estimate of drug-likeness (QED) is 0.843. The van der Waals surface area contributed by atoms with Crippen LogP contribution in [-0.2, 0) is 11.3 Å². The molecule has 0 aliphatic heterocycles. The number of carbonyl (C=O) groups excluding carboxylic acids is 1. The Morgan fingerprint density at radius 2 is 1.89 bits per heavy atom. The maximum Gasteiger partial charge on any atom is 0.411 e. The Hall–Kier alpha value is -1.55. The van der Waals surface area contributed by atoms with Crippen molar-refractivity contribution >= 4 is 11.8 Å². The molecule has 0 aliphatic carbocycles. The Balaban J connectivity index is 2.43. The molecule has 0 radical (unpaired) electrons. The molecule has 1 unspecified atom stereocenters. The lowest BCUT2D eigenvalue weighted by molar-refractivity contribution is 0.108. The summed E-state index contributed by atoms with van der Waals surface area (Å²) in [5.41, 5.74) is 7.25. The van der Waals surface area contributed by atoms with Crippen LogP contribution in [0.15, 0.2) is 24.3 Å². The summed E-state index contributed by atoms with van der Waals surface area (Å²) in [4.78, 5) is 11.6. The van der Waals surface area contributed by atoms with Gasteiger partial charge in [0.1, 0.15) is 6.10 Å². The van der Waals surface area contributed by atoms with E-state index in [-0.39, 0.29) is 6.10 Å². The molecule has 3 N–H and O–H groups in total. The van der Waals surface area contributed by atoms with Crippen molar-refractivity contribution in [1.82, 2.24) is 0 Å². The van der Waals surface area contributed by atoms with Crippen molar-refractivity contribution in [3.05, 3.63) is 29.8 Å². The minimum Gasteiger partial charge on any atom is -0.446 e. The van der Waals surface area contributed by atoms with Gasteiger partial charge < -0.3 is 10.5 Å². The van der Waals surface area contributed by atoms with Gasteiger partial charge in [-0.2, -0.15) is 0 Å². The van der Waals surface area contributed by atoms with E-state index in [0.717, 1.165) is 12.0 Å². The predicted octanol–water partition coefficient (Wildman–Crippen LogP) is 3.13. The molecule has 100 valence electrons. The molecule has 0 spiro atoms. The summed E-state index contributed by atoms with van der Waals surface area (Å²) in [5.74, 6) is 0.511. The van der Waals surface area contributed by atoms with Crippen molar-refractivity contribution in [1.29, 1.82) is 0 Å². The SMILES string of the molecule is CC(C)CC(C)OC(=O)Nc1ccc(CN)cc1. The van der Waals surface area contributed by atoms with Gasteiger partial charge in [0.25, 0.3) is 0 Å². The summed E-state index contributed by atoms with van der Waals surface area (Å²) in [6, 6.07) is 7.40. The molecule has 18 heavy (non-hydrogen) atoms. The number of rotatable bonds is 5. The highest BCUT2D eigenvalue weighted by Crippen LogP contribution is 2.12. The van der Waals surface area contributed by atoms with E-state index in [2.05, 4.69) is 19.2 Å². The average molecular weight is 250 g/mol.